The number of halogens is 2. The van der Waals surface area contributed by atoms with Crippen molar-refractivity contribution in [1.82, 2.24) is 0 Å². The Bertz CT molecular complexity index is 631. The zero-order chi connectivity index (χ0) is 13.7. The van der Waals surface area contributed by atoms with Gasteiger partial charge >= 0.3 is 0 Å². The molecule has 1 aliphatic rings. The van der Waals surface area contributed by atoms with Crippen LogP contribution in [0.3, 0.4) is 0 Å². The largest absolute Gasteiger partial charge is 0.207 e. The van der Waals surface area contributed by atoms with Crippen LogP contribution >= 0.6 is 0 Å². The van der Waals surface area contributed by atoms with Gasteiger partial charge in [0.15, 0.2) is 0 Å². The van der Waals surface area contributed by atoms with Crippen LogP contribution in [0, 0.1) is 32.4 Å². The first-order chi connectivity index (χ1) is 8.97. The second-order valence-corrected chi connectivity index (χ2v) is 5.51. The summed E-state index contributed by atoms with van der Waals surface area (Å²) in [5.74, 6) is -0.0624. The molecule has 0 heterocycles. The summed E-state index contributed by atoms with van der Waals surface area (Å²) in [6, 6.07) is 6.37. The summed E-state index contributed by atoms with van der Waals surface area (Å²) in [5, 5.41) is 0. The van der Waals surface area contributed by atoms with E-state index in [4.69, 9.17) is 0 Å². The lowest BCUT2D eigenvalue weighted by Gasteiger charge is -2.34. The normalized spacial score (nSPS) is 17.0. The summed E-state index contributed by atoms with van der Waals surface area (Å²) >= 11 is 0. The molecule has 1 atom stereocenters. The van der Waals surface area contributed by atoms with Gasteiger partial charge in [-0.1, -0.05) is 0 Å². The van der Waals surface area contributed by atoms with Crippen LogP contribution in [0.25, 0.3) is 0 Å². The fourth-order valence-corrected chi connectivity index (χ4v) is 3.40. The van der Waals surface area contributed by atoms with E-state index in [1.165, 1.54) is 11.1 Å². The molecular formula is C17H16F2. The van der Waals surface area contributed by atoms with Crippen molar-refractivity contribution in [2.75, 3.05) is 0 Å². The number of hydrogen-bond donors (Lipinski definition) is 0. The molecular weight excluding hydrogens is 242 g/mol. The summed E-state index contributed by atoms with van der Waals surface area (Å²) in [6.07, 6.45) is 0.848. The average Bonchev–Trinajstić information content (AvgIpc) is 2.23. The molecule has 0 radical (unpaired) electrons. The summed E-state index contributed by atoms with van der Waals surface area (Å²) in [7, 11) is 0. The van der Waals surface area contributed by atoms with Gasteiger partial charge in [0, 0.05) is 5.92 Å². The van der Waals surface area contributed by atoms with E-state index in [-0.39, 0.29) is 17.6 Å². The maximum absolute atomic E-state index is 13.4. The molecule has 0 N–H and O–H groups in total. The van der Waals surface area contributed by atoms with E-state index >= 15 is 0 Å². The van der Waals surface area contributed by atoms with Crippen LogP contribution in [0.4, 0.5) is 8.78 Å². The van der Waals surface area contributed by atoms with Crippen molar-refractivity contribution >= 4 is 0 Å². The van der Waals surface area contributed by atoms with E-state index in [0.29, 0.717) is 0 Å². The number of fused-ring (bicyclic) bond motifs is 1. The van der Waals surface area contributed by atoms with E-state index in [2.05, 4.69) is 0 Å². The van der Waals surface area contributed by atoms with Gasteiger partial charge in [-0.2, -0.15) is 0 Å². The van der Waals surface area contributed by atoms with Crippen LogP contribution in [0.5, 0.6) is 0 Å². The number of benzene rings is 2. The van der Waals surface area contributed by atoms with Crippen LogP contribution in [0.1, 0.15) is 39.3 Å². The van der Waals surface area contributed by atoms with E-state index in [1.807, 2.05) is 20.8 Å². The van der Waals surface area contributed by atoms with Gasteiger partial charge in [-0.25, -0.2) is 8.78 Å². The van der Waals surface area contributed by atoms with Crippen molar-refractivity contribution < 1.29 is 8.78 Å². The Morgan fingerprint density at radius 1 is 0.789 bits per heavy atom. The molecule has 98 valence electrons. The number of rotatable bonds is 1. The molecule has 1 aliphatic carbocycles. The van der Waals surface area contributed by atoms with Crippen LogP contribution < -0.4 is 0 Å². The Balaban J connectivity index is 2.12. The van der Waals surface area contributed by atoms with E-state index in [0.717, 1.165) is 28.7 Å². The monoisotopic (exact) mass is 258 g/mol. The fourth-order valence-electron chi connectivity index (χ4n) is 3.40. The summed E-state index contributed by atoms with van der Waals surface area (Å²) in [5.41, 5.74) is 6.47. The molecule has 0 amide bonds. The molecule has 0 saturated heterocycles. The molecule has 0 spiro atoms. The Hall–Kier alpha value is -1.70. The van der Waals surface area contributed by atoms with Crippen molar-refractivity contribution in [2.45, 2.75) is 33.1 Å². The summed E-state index contributed by atoms with van der Waals surface area (Å²) < 4.78 is 26.7. The Morgan fingerprint density at radius 3 is 1.79 bits per heavy atom. The highest BCUT2D eigenvalue weighted by Crippen LogP contribution is 2.44. The van der Waals surface area contributed by atoms with Crippen molar-refractivity contribution in [2.24, 2.45) is 0 Å². The van der Waals surface area contributed by atoms with Crippen molar-refractivity contribution in [1.29, 1.82) is 0 Å². The highest BCUT2D eigenvalue weighted by atomic mass is 19.1. The third kappa shape index (κ3) is 1.86. The minimum absolute atomic E-state index is 0.165. The summed E-state index contributed by atoms with van der Waals surface area (Å²) in [6.45, 7) is 5.84. The SMILES string of the molecule is Cc1cc(F)cc(C)c1C1Cc2cc(F)cc(C)c21. The van der Waals surface area contributed by atoms with E-state index in [1.54, 1.807) is 24.3 Å². The van der Waals surface area contributed by atoms with Gasteiger partial charge in [-0.3, -0.25) is 0 Å². The topological polar surface area (TPSA) is 0 Å². The van der Waals surface area contributed by atoms with Gasteiger partial charge in [0.25, 0.3) is 0 Å². The molecule has 1 unspecified atom stereocenters. The molecule has 0 nitrogen and oxygen atoms in total. The maximum atomic E-state index is 13.4. The predicted octanol–water partition coefficient (Wildman–Crippen LogP) is 4.58. The highest BCUT2D eigenvalue weighted by Gasteiger charge is 2.32. The van der Waals surface area contributed by atoms with E-state index < -0.39 is 0 Å². The third-order valence-electron chi connectivity index (χ3n) is 4.12. The molecule has 0 bridgehead atoms. The number of aryl methyl sites for hydroxylation is 3. The zero-order valence-corrected chi connectivity index (χ0v) is 11.3. The van der Waals surface area contributed by atoms with E-state index in [9.17, 15) is 8.78 Å². The van der Waals surface area contributed by atoms with Gasteiger partial charge in [0.1, 0.15) is 11.6 Å². The van der Waals surface area contributed by atoms with Gasteiger partial charge in [0.2, 0.25) is 0 Å². The first-order valence-electron chi connectivity index (χ1n) is 6.53. The Morgan fingerprint density at radius 2 is 1.26 bits per heavy atom. The molecule has 0 saturated carbocycles. The molecule has 2 heteroatoms. The first-order valence-corrected chi connectivity index (χ1v) is 6.53. The minimum atomic E-state index is -0.186. The third-order valence-corrected chi connectivity index (χ3v) is 4.12. The summed E-state index contributed by atoms with van der Waals surface area (Å²) in [4.78, 5) is 0. The maximum Gasteiger partial charge on any atom is 0.123 e. The van der Waals surface area contributed by atoms with Crippen molar-refractivity contribution in [3.63, 3.8) is 0 Å². The van der Waals surface area contributed by atoms with Gasteiger partial charge < -0.3 is 0 Å². The molecule has 2 aromatic carbocycles. The van der Waals surface area contributed by atoms with Gasteiger partial charge in [0.05, 0.1) is 0 Å². The second kappa shape index (κ2) is 4.16. The predicted molar refractivity (Wildman–Crippen MR) is 72.6 cm³/mol. The standard InChI is InChI=1S/C17H16F2/c1-9-4-13(18)5-10(2)16(9)15-8-12-7-14(19)6-11(3)17(12)15/h4-7,15H,8H2,1-3H3. The highest BCUT2D eigenvalue weighted by molar-refractivity contribution is 5.54. The van der Waals surface area contributed by atoms with Gasteiger partial charge in [-0.15, -0.1) is 0 Å². The minimum Gasteiger partial charge on any atom is -0.207 e. The molecule has 0 fully saturated rings. The molecule has 19 heavy (non-hydrogen) atoms. The lowest BCUT2D eigenvalue weighted by atomic mass is 9.69. The first kappa shape index (κ1) is 12.3. The Kier molecular flexibility index (Phi) is 2.70. The lowest BCUT2D eigenvalue weighted by molar-refractivity contribution is 0.602. The van der Waals surface area contributed by atoms with Crippen LogP contribution in [-0.2, 0) is 6.42 Å². The average molecular weight is 258 g/mol. The van der Waals surface area contributed by atoms with Gasteiger partial charge in [-0.05, 0) is 84.8 Å². The van der Waals surface area contributed by atoms with Crippen LogP contribution in [0.15, 0.2) is 24.3 Å². The lowest BCUT2D eigenvalue weighted by Crippen LogP contribution is -2.22. The van der Waals surface area contributed by atoms with Crippen molar-refractivity contribution in [3.05, 3.63) is 69.3 Å². The quantitative estimate of drug-likeness (QED) is 0.702. The zero-order valence-electron chi connectivity index (χ0n) is 11.3. The molecule has 0 aliphatic heterocycles. The molecule has 3 rings (SSSR count). The molecule has 0 aromatic heterocycles. The molecule has 2 aromatic rings. The second-order valence-electron chi connectivity index (χ2n) is 5.51. The van der Waals surface area contributed by atoms with Crippen LogP contribution in [0.2, 0.25) is 0 Å². The smallest absolute Gasteiger partial charge is 0.123 e. The van der Waals surface area contributed by atoms with Crippen molar-refractivity contribution in [3.8, 4) is 0 Å². The fraction of sp³-hybridized carbons (Fsp3) is 0.294. The van der Waals surface area contributed by atoms with Crippen LogP contribution in [-0.4, -0.2) is 0 Å². The Labute approximate surface area is 112 Å². The number of hydrogen-bond acceptors (Lipinski definition) is 0.